The van der Waals surface area contributed by atoms with Crippen LogP contribution in [0.1, 0.15) is 16.1 Å². The standard InChI is InChI=1S/C24H13ClF3N5OS/c25-16-12-7-13-17-18(16)29-23(35-17)31-30-19-20(14-8-3-1-4-9-14)33(32-21(19)24(26,27)28)22(34)15-10-5-2-6-11-15/h1-13H. The summed E-state index contributed by atoms with van der Waals surface area (Å²) < 4.78 is 43.6. The molecule has 11 heteroatoms. The van der Waals surface area contributed by atoms with Crippen molar-refractivity contribution in [2.75, 3.05) is 0 Å². The average molecular weight is 512 g/mol. The first-order chi connectivity index (χ1) is 16.8. The van der Waals surface area contributed by atoms with Gasteiger partial charge in [0.1, 0.15) is 16.9 Å². The maximum atomic E-state index is 14.1. The van der Waals surface area contributed by atoms with E-state index in [9.17, 15) is 18.0 Å². The van der Waals surface area contributed by atoms with Crippen LogP contribution in [0.5, 0.6) is 0 Å². The maximum absolute atomic E-state index is 14.1. The lowest BCUT2D eigenvalue weighted by Crippen LogP contribution is -2.16. The number of thiazole rings is 1. The minimum Gasteiger partial charge on any atom is -0.267 e. The van der Waals surface area contributed by atoms with Gasteiger partial charge in [-0.15, -0.1) is 10.2 Å². The van der Waals surface area contributed by atoms with Gasteiger partial charge in [-0.05, 0) is 24.3 Å². The molecule has 0 fully saturated rings. The number of carbonyl (C=O) groups excluding carboxylic acids is 1. The summed E-state index contributed by atoms with van der Waals surface area (Å²) in [4.78, 5) is 17.5. The summed E-state index contributed by atoms with van der Waals surface area (Å²) in [5.41, 5.74) is -1.08. The second-order valence-electron chi connectivity index (χ2n) is 7.28. The fraction of sp³-hybridized carbons (Fsp3) is 0.0417. The lowest BCUT2D eigenvalue weighted by atomic mass is 10.1. The molecule has 0 spiro atoms. The van der Waals surface area contributed by atoms with Crippen LogP contribution < -0.4 is 0 Å². The Kier molecular flexibility index (Phi) is 5.91. The summed E-state index contributed by atoms with van der Waals surface area (Å²) in [6.07, 6.45) is -4.89. The fourth-order valence-electron chi connectivity index (χ4n) is 3.44. The molecule has 2 aromatic heterocycles. The van der Waals surface area contributed by atoms with Gasteiger partial charge in [-0.3, -0.25) is 4.79 Å². The summed E-state index contributed by atoms with van der Waals surface area (Å²) in [6.45, 7) is 0. The molecule has 0 N–H and O–H groups in total. The first-order valence-corrected chi connectivity index (χ1v) is 11.3. The number of azo groups is 1. The number of benzene rings is 3. The molecule has 0 saturated carbocycles. The summed E-state index contributed by atoms with van der Waals surface area (Å²) >= 11 is 7.27. The number of alkyl halides is 3. The number of fused-ring (bicyclic) bond motifs is 1. The van der Waals surface area contributed by atoms with E-state index < -0.39 is 23.5 Å². The van der Waals surface area contributed by atoms with Crippen molar-refractivity contribution in [2.24, 2.45) is 10.2 Å². The predicted octanol–water partition coefficient (Wildman–Crippen LogP) is 7.94. The van der Waals surface area contributed by atoms with Crippen LogP contribution >= 0.6 is 22.9 Å². The van der Waals surface area contributed by atoms with Gasteiger partial charge in [0.05, 0.1) is 9.72 Å². The third-order valence-electron chi connectivity index (χ3n) is 4.98. The molecule has 0 amide bonds. The number of carbonyl (C=O) groups is 1. The van der Waals surface area contributed by atoms with E-state index in [2.05, 4.69) is 20.3 Å². The Morgan fingerprint density at radius 2 is 1.60 bits per heavy atom. The van der Waals surface area contributed by atoms with Crippen molar-refractivity contribution in [3.63, 3.8) is 0 Å². The van der Waals surface area contributed by atoms with Gasteiger partial charge >= 0.3 is 6.18 Å². The summed E-state index contributed by atoms with van der Waals surface area (Å²) in [7, 11) is 0. The lowest BCUT2D eigenvalue weighted by Gasteiger charge is -2.07. The minimum absolute atomic E-state index is 0.113. The van der Waals surface area contributed by atoms with Crippen LogP contribution in [0.4, 0.5) is 24.0 Å². The largest absolute Gasteiger partial charge is 0.437 e. The van der Waals surface area contributed by atoms with E-state index in [0.717, 1.165) is 16.0 Å². The number of nitrogens with zero attached hydrogens (tertiary/aromatic N) is 5. The molecule has 3 aromatic carbocycles. The monoisotopic (exact) mass is 511 g/mol. The van der Waals surface area contributed by atoms with Crippen LogP contribution in [0, 0.1) is 0 Å². The number of hydrogen-bond acceptors (Lipinski definition) is 6. The first kappa shape index (κ1) is 22.9. The van der Waals surface area contributed by atoms with Crippen molar-refractivity contribution in [2.45, 2.75) is 6.18 Å². The molecule has 0 aliphatic rings. The van der Waals surface area contributed by atoms with Gasteiger partial charge in [-0.1, -0.05) is 77.5 Å². The Bertz CT molecular complexity index is 1560. The van der Waals surface area contributed by atoms with E-state index in [0.29, 0.717) is 20.8 Å². The quantitative estimate of drug-likeness (QED) is 0.230. The van der Waals surface area contributed by atoms with Gasteiger partial charge in [-0.2, -0.15) is 23.0 Å². The molecule has 5 aromatic rings. The first-order valence-electron chi connectivity index (χ1n) is 10.1. The van der Waals surface area contributed by atoms with Gasteiger partial charge in [0, 0.05) is 11.1 Å². The molecule has 0 saturated heterocycles. The predicted molar refractivity (Wildman–Crippen MR) is 128 cm³/mol. The van der Waals surface area contributed by atoms with Crippen molar-refractivity contribution in [1.82, 2.24) is 14.8 Å². The van der Waals surface area contributed by atoms with Gasteiger partial charge in [0.15, 0.2) is 5.69 Å². The van der Waals surface area contributed by atoms with Crippen LogP contribution in [0.25, 0.3) is 21.5 Å². The van der Waals surface area contributed by atoms with Gasteiger partial charge < -0.3 is 0 Å². The smallest absolute Gasteiger partial charge is 0.267 e. The summed E-state index contributed by atoms with van der Waals surface area (Å²) in [5.74, 6) is -0.733. The molecule has 174 valence electrons. The number of hydrogen-bond donors (Lipinski definition) is 0. The zero-order chi connectivity index (χ0) is 24.6. The van der Waals surface area contributed by atoms with Crippen molar-refractivity contribution in [3.8, 4) is 11.3 Å². The molecule has 2 heterocycles. The molecule has 0 atom stereocenters. The van der Waals surface area contributed by atoms with E-state index in [1.54, 1.807) is 66.7 Å². The highest BCUT2D eigenvalue weighted by Crippen LogP contribution is 2.43. The second-order valence-corrected chi connectivity index (χ2v) is 8.69. The third kappa shape index (κ3) is 4.45. The van der Waals surface area contributed by atoms with Crippen molar-refractivity contribution in [1.29, 1.82) is 0 Å². The van der Waals surface area contributed by atoms with Crippen LogP contribution in [-0.2, 0) is 6.18 Å². The average Bonchev–Trinajstić information content (AvgIpc) is 3.46. The molecule has 0 unspecified atom stereocenters. The molecule has 6 nitrogen and oxygen atoms in total. The Balaban J connectivity index is 1.71. The Hall–Kier alpha value is -3.89. The fourth-order valence-corrected chi connectivity index (χ4v) is 4.53. The normalized spacial score (nSPS) is 12.0. The third-order valence-corrected chi connectivity index (χ3v) is 6.19. The molecule has 0 aliphatic carbocycles. The lowest BCUT2D eigenvalue weighted by molar-refractivity contribution is -0.140. The van der Waals surface area contributed by atoms with E-state index in [1.165, 1.54) is 12.1 Å². The number of aromatic nitrogens is 3. The maximum Gasteiger partial charge on any atom is 0.437 e. The topological polar surface area (TPSA) is 72.5 Å². The van der Waals surface area contributed by atoms with Crippen LogP contribution in [0.2, 0.25) is 5.02 Å². The van der Waals surface area contributed by atoms with Crippen LogP contribution in [-0.4, -0.2) is 20.7 Å². The zero-order valence-electron chi connectivity index (χ0n) is 17.6. The summed E-state index contributed by atoms with van der Waals surface area (Å²) in [6, 6.07) is 21.2. The molecule has 5 rings (SSSR count). The Morgan fingerprint density at radius 1 is 0.914 bits per heavy atom. The van der Waals surface area contributed by atoms with Crippen LogP contribution in [0.15, 0.2) is 89.1 Å². The van der Waals surface area contributed by atoms with E-state index >= 15 is 0 Å². The molecular weight excluding hydrogens is 499 g/mol. The number of rotatable bonds is 4. The molecule has 35 heavy (non-hydrogen) atoms. The highest BCUT2D eigenvalue weighted by molar-refractivity contribution is 7.22. The number of halogens is 4. The van der Waals surface area contributed by atoms with Gasteiger partial charge in [0.2, 0.25) is 5.13 Å². The molecular formula is C24H13ClF3N5OS. The number of para-hydroxylation sites is 1. The van der Waals surface area contributed by atoms with Crippen LogP contribution in [0.3, 0.4) is 0 Å². The Labute approximate surface area is 205 Å². The van der Waals surface area contributed by atoms with E-state index in [-0.39, 0.29) is 16.4 Å². The molecule has 0 radical (unpaired) electrons. The highest BCUT2D eigenvalue weighted by atomic mass is 35.5. The van der Waals surface area contributed by atoms with Crippen molar-refractivity contribution >= 4 is 49.9 Å². The molecule has 0 bridgehead atoms. The van der Waals surface area contributed by atoms with Crippen molar-refractivity contribution in [3.05, 3.63) is 95.1 Å². The highest BCUT2D eigenvalue weighted by Gasteiger charge is 2.41. The SMILES string of the molecule is O=C(c1ccccc1)n1nc(C(F)(F)F)c(N=Nc2nc3c(Cl)cccc3s2)c1-c1ccccc1. The zero-order valence-corrected chi connectivity index (χ0v) is 19.1. The summed E-state index contributed by atoms with van der Waals surface area (Å²) in [5, 5.41) is 12.0. The molecule has 0 aliphatic heterocycles. The van der Waals surface area contributed by atoms with Gasteiger partial charge in [0.25, 0.3) is 5.91 Å². The van der Waals surface area contributed by atoms with E-state index in [4.69, 9.17) is 11.6 Å². The van der Waals surface area contributed by atoms with Crippen molar-refractivity contribution < 1.29 is 18.0 Å². The van der Waals surface area contributed by atoms with E-state index in [1.807, 2.05) is 0 Å². The Morgan fingerprint density at radius 3 is 2.26 bits per heavy atom. The van der Waals surface area contributed by atoms with Gasteiger partial charge in [-0.25, -0.2) is 4.98 Å². The second kappa shape index (κ2) is 9.05. The minimum atomic E-state index is -4.89.